The van der Waals surface area contributed by atoms with E-state index >= 15 is 0 Å². The van der Waals surface area contributed by atoms with Crippen LogP contribution in [0, 0.1) is 5.41 Å². The molecule has 3 aromatic carbocycles. The van der Waals surface area contributed by atoms with Crippen molar-refractivity contribution in [1.82, 2.24) is 9.21 Å². The van der Waals surface area contributed by atoms with Crippen LogP contribution in [-0.2, 0) is 25.8 Å². The van der Waals surface area contributed by atoms with Crippen LogP contribution < -0.4 is 10.0 Å². The molecule has 37 heavy (non-hydrogen) atoms. The first-order valence-electron chi connectivity index (χ1n) is 11.9. The summed E-state index contributed by atoms with van der Waals surface area (Å²) in [4.78, 5) is 15.2. The van der Waals surface area contributed by atoms with E-state index in [0.29, 0.717) is 40.1 Å². The van der Waals surface area contributed by atoms with E-state index in [0.717, 1.165) is 13.1 Å². The van der Waals surface area contributed by atoms with Crippen molar-refractivity contribution in [3.8, 4) is 0 Å². The van der Waals surface area contributed by atoms with Crippen molar-refractivity contribution in [2.24, 2.45) is 5.41 Å². The van der Waals surface area contributed by atoms with Crippen LogP contribution >= 0.6 is 11.6 Å². The first kappa shape index (κ1) is 27.5. The number of amides is 1. The topological polar surface area (TPSA) is 98.8 Å². The van der Waals surface area contributed by atoms with Gasteiger partial charge in [-0.2, -0.15) is 0 Å². The van der Waals surface area contributed by atoms with E-state index in [1.54, 1.807) is 68.4 Å². The summed E-state index contributed by atoms with van der Waals surface area (Å²) in [6, 6.07) is 16.7. The maximum atomic E-state index is 13.4. The highest BCUT2D eigenvalue weighted by molar-refractivity contribution is 7.93. The van der Waals surface area contributed by atoms with E-state index in [1.165, 1.54) is 6.07 Å². The molecule has 0 aromatic heterocycles. The number of sulfonamides is 1. The zero-order valence-corrected chi connectivity index (χ0v) is 23.4. The third-order valence-electron chi connectivity index (χ3n) is 6.36. The molecule has 1 amide bonds. The molecule has 0 saturated carbocycles. The van der Waals surface area contributed by atoms with Gasteiger partial charge < -0.3 is 10.2 Å². The van der Waals surface area contributed by atoms with Crippen molar-refractivity contribution >= 4 is 60.7 Å². The predicted molar refractivity (Wildman–Crippen MR) is 150 cm³/mol. The SMILES string of the molecule is CN1CCN(S(=O)c2cccc3c(S(=O)(=O)Nc4ccc(NC(=O)C(C)(C)CCl)cc4)cccc23)CC1. The normalized spacial score (nSPS) is 16.4. The van der Waals surface area contributed by atoms with Crippen molar-refractivity contribution in [2.75, 3.05) is 49.1 Å². The minimum atomic E-state index is -3.95. The Morgan fingerprint density at radius 2 is 1.54 bits per heavy atom. The number of nitrogens with one attached hydrogen (secondary N) is 2. The van der Waals surface area contributed by atoms with Gasteiger partial charge in [-0.15, -0.1) is 11.6 Å². The highest BCUT2D eigenvalue weighted by atomic mass is 35.5. The molecular weight excluding hydrogens is 532 g/mol. The van der Waals surface area contributed by atoms with Gasteiger partial charge in [-0.1, -0.05) is 24.3 Å². The number of carbonyl (C=O) groups is 1. The number of hydrogen-bond acceptors (Lipinski definition) is 5. The van der Waals surface area contributed by atoms with E-state index < -0.39 is 26.4 Å². The summed E-state index contributed by atoms with van der Waals surface area (Å²) in [7, 11) is -3.31. The monoisotopic (exact) mass is 562 g/mol. The molecule has 1 fully saturated rings. The fourth-order valence-electron chi connectivity index (χ4n) is 3.92. The molecule has 3 aromatic rings. The molecule has 1 heterocycles. The number of benzene rings is 3. The molecule has 11 heteroatoms. The number of halogens is 1. The Balaban J connectivity index is 1.57. The second kappa shape index (κ2) is 11.1. The molecule has 1 aliphatic rings. The van der Waals surface area contributed by atoms with Gasteiger partial charge in [0.15, 0.2) is 0 Å². The summed E-state index contributed by atoms with van der Waals surface area (Å²) < 4.78 is 44.7. The van der Waals surface area contributed by atoms with Gasteiger partial charge in [0.05, 0.1) is 15.2 Å². The third kappa shape index (κ3) is 6.15. The zero-order valence-electron chi connectivity index (χ0n) is 21.0. The van der Waals surface area contributed by atoms with Crippen LogP contribution in [0.1, 0.15) is 13.8 Å². The maximum absolute atomic E-state index is 13.4. The lowest BCUT2D eigenvalue weighted by molar-refractivity contribution is -0.122. The Morgan fingerprint density at radius 3 is 2.19 bits per heavy atom. The number of fused-ring (bicyclic) bond motifs is 1. The molecular formula is C26H31ClN4O4S2. The number of alkyl halides is 1. The molecule has 0 bridgehead atoms. The van der Waals surface area contributed by atoms with Crippen LogP contribution in [0.2, 0.25) is 0 Å². The Morgan fingerprint density at radius 1 is 0.946 bits per heavy atom. The fraction of sp³-hybridized carbons (Fsp3) is 0.346. The number of rotatable bonds is 8. The molecule has 1 unspecified atom stereocenters. The second-order valence-electron chi connectivity index (χ2n) is 9.74. The van der Waals surface area contributed by atoms with Gasteiger partial charge in [0, 0.05) is 54.2 Å². The summed E-state index contributed by atoms with van der Waals surface area (Å²) in [5.41, 5.74) is 0.152. The minimum absolute atomic E-state index is 0.100. The standard InChI is InChI=1S/C26H31ClN4O4S2/c1-26(2,18-27)25(32)28-19-10-12-20(13-11-19)29-37(34,35)24-9-5-6-21-22(24)7-4-8-23(21)36(33)31-16-14-30(3)15-17-31/h4-13,29H,14-18H2,1-3H3,(H,28,32). The molecule has 8 nitrogen and oxygen atoms in total. The van der Waals surface area contributed by atoms with Gasteiger partial charge in [-0.05, 0) is 57.3 Å². The van der Waals surface area contributed by atoms with E-state index in [-0.39, 0.29) is 16.7 Å². The smallest absolute Gasteiger partial charge is 0.262 e. The highest BCUT2D eigenvalue weighted by Crippen LogP contribution is 2.30. The van der Waals surface area contributed by atoms with Gasteiger partial charge >= 0.3 is 0 Å². The van der Waals surface area contributed by atoms with Crippen LogP contribution in [0.5, 0.6) is 0 Å². The quantitative estimate of drug-likeness (QED) is 0.403. The molecule has 0 radical (unpaired) electrons. The summed E-state index contributed by atoms with van der Waals surface area (Å²) in [5, 5.41) is 3.93. The van der Waals surface area contributed by atoms with Crippen molar-refractivity contribution in [3.05, 3.63) is 60.7 Å². The maximum Gasteiger partial charge on any atom is 0.262 e. The summed E-state index contributed by atoms with van der Waals surface area (Å²) in [6.45, 7) is 6.50. The summed E-state index contributed by atoms with van der Waals surface area (Å²) in [6.07, 6.45) is 0. The van der Waals surface area contributed by atoms with Gasteiger partial charge in [0.25, 0.3) is 10.0 Å². The molecule has 198 valence electrons. The fourth-order valence-corrected chi connectivity index (χ4v) is 6.66. The molecule has 2 N–H and O–H groups in total. The van der Waals surface area contributed by atoms with E-state index in [9.17, 15) is 17.4 Å². The zero-order chi connectivity index (χ0) is 26.8. The lowest BCUT2D eigenvalue weighted by Gasteiger charge is -2.31. The van der Waals surface area contributed by atoms with Gasteiger partial charge in [0.2, 0.25) is 5.91 Å². The molecule has 0 aliphatic carbocycles. The average molecular weight is 563 g/mol. The van der Waals surface area contributed by atoms with Crippen molar-refractivity contribution < 1.29 is 17.4 Å². The number of anilines is 2. The summed E-state index contributed by atoms with van der Waals surface area (Å²) in [5.74, 6) is -0.0526. The minimum Gasteiger partial charge on any atom is -0.326 e. The molecule has 1 atom stereocenters. The van der Waals surface area contributed by atoms with Gasteiger partial charge in [0.1, 0.15) is 11.0 Å². The van der Waals surface area contributed by atoms with Crippen molar-refractivity contribution in [1.29, 1.82) is 0 Å². The lowest BCUT2D eigenvalue weighted by atomic mass is 9.95. The first-order chi connectivity index (χ1) is 17.5. The van der Waals surface area contributed by atoms with Gasteiger partial charge in [-0.25, -0.2) is 16.9 Å². The van der Waals surface area contributed by atoms with E-state index in [2.05, 4.69) is 14.9 Å². The third-order valence-corrected chi connectivity index (χ3v) is 10.0. The Labute approximate surface area is 225 Å². The second-order valence-corrected chi connectivity index (χ2v) is 13.1. The van der Waals surface area contributed by atoms with Crippen molar-refractivity contribution in [2.45, 2.75) is 23.6 Å². The molecule has 1 saturated heterocycles. The lowest BCUT2D eigenvalue weighted by Crippen LogP contribution is -2.45. The number of carbonyl (C=O) groups excluding carboxylic acids is 1. The molecule has 4 rings (SSSR count). The van der Waals surface area contributed by atoms with E-state index in [4.69, 9.17) is 11.6 Å². The Bertz CT molecular complexity index is 1420. The van der Waals surface area contributed by atoms with Crippen LogP contribution in [-0.4, -0.2) is 66.8 Å². The van der Waals surface area contributed by atoms with Crippen LogP contribution in [0.25, 0.3) is 10.8 Å². The predicted octanol–water partition coefficient (Wildman–Crippen LogP) is 4.11. The van der Waals surface area contributed by atoms with Crippen LogP contribution in [0.4, 0.5) is 11.4 Å². The van der Waals surface area contributed by atoms with Crippen molar-refractivity contribution in [3.63, 3.8) is 0 Å². The van der Waals surface area contributed by atoms with Crippen LogP contribution in [0.3, 0.4) is 0 Å². The number of nitrogens with zero attached hydrogens (tertiary/aromatic N) is 2. The Kier molecular flexibility index (Phi) is 8.25. The average Bonchev–Trinajstić information content (AvgIpc) is 2.89. The first-order valence-corrected chi connectivity index (χ1v) is 15.0. The summed E-state index contributed by atoms with van der Waals surface area (Å²) >= 11 is 5.87. The number of likely N-dealkylation sites (N-methyl/N-ethyl adjacent to an activating group) is 1. The Hall–Kier alpha value is -2.50. The number of hydrogen-bond donors (Lipinski definition) is 2. The van der Waals surface area contributed by atoms with E-state index in [1.807, 2.05) is 11.4 Å². The molecule has 0 spiro atoms. The largest absolute Gasteiger partial charge is 0.326 e. The number of piperazine rings is 1. The highest BCUT2D eigenvalue weighted by Gasteiger charge is 2.27. The van der Waals surface area contributed by atoms with Gasteiger partial charge in [-0.3, -0.25) is 9.52 Å². The molecule has 1 aliphatic heterocycles. The van der Waals surface area contributed by atoms with Crippen LogP contribution in [0.15, 0.2) is 70.5 Å².